The van der Waals surface area contributed by atoms with E-state index in [9.17, 15) is 19.2 Å². The molecule has 0 bridgehead atoms. The summed E-state index contributed by atoms with van der Waals surface area (Å²) in [6.45, 7) is 25.5. The molecule has 2 amide bonds. The van der Waals surface area contributed by atoms with Crippen molar-refractivity contribution in [3.8, 4) is 5.75 Å². The quantitative estimate of drug-likeness (QED) is 0.117. The van der Waals surface area contributed by atoms with Crippen LogP contribution in [0.15, 0.2) is 36.9 Å². The van der Waals surface area contributed by atoms with Gasteiger partial charge in [0.1, 0.15) is 34.8 Å². The second kappa shape index (κ2) is 19.7. The van der Waals surface area contributed by atoms with Crippen LogP contribution in [0.3, 0.4) is 0 Å². The van der Waals surface area contributed by atoms with Gasteiger partial charge in [-0.3, -0.25) is 19.6 Å². The van der Waals surface area contributed by atoms with Crippen molar-refractivity contribution in [2.24, 2.45) is 23.7 Å². The summed E-state index contributed by atoms with van der Waals surface area (Å²) in [7, 11) is 0. The highest BCUT2D eigenvalue weighted by molar-refractivity contribution is 5.75. The predicted octanol–water partition coefficient (Wildman–Crippen LogP) is 7.16. The molecule has 2 aromatic rings. The molecule has 14 nitrogen and oxygen atoms in total. The third-order valence-corrected chi connectivity index (χ3v) is 9.72. The van der Waals surface area contributed by atoms with E-state index in [4.69, 9.17) is 23.7 Å². The van der Waals surface area contributed by atoms with Crippen molar-refractivity contribution in [1.82, 2.24) is 25.1 Å². The van der Waals surface area contributed by atoms with Crippen LogP contribution >= 0.6 is 0 Å². The lowest BCUT2D eigenvalue weighted by Crippen LogP contribution is -2.38. The smallest absolute Gasteiger partial charge is 0.410 e. The van der Waals surface area contributed by atoms with Crippen molar-refractivity contribution in [3.05, 3.63) is 53.6 Å². The second-order valence-corrected chi connectivity index (χ2v) is 19.9. The minimum Gasteiger partial charge on any atom is -0.491 e. The highest BCUT2D eigenvalue weighted by Gasteiger charge is 2.41. The van der Waals surface area contributed by atoms with E-state index in [1.807, 2.05) is 95.2 Å². The Morgan fingerprint density at radius 3 is 1.51 bits per heavy atom. The van der Waals surface area contributed by atoms with Crippen LogP contribution in [-0.2, 0) is 47.9 Å². The molecule has 0 aromatic carbocycles. The lowest BCUT2D eigenvalue weighted by Gasteiger charge is -2.28. The van der Waals surface area contributed by atoms with Gasteiger partial charge in [-0.1, -0.05) is 6.07 Å². The molecular weight excluding hydrogens is 755 g/mol. The monoisotopic (exact) mass is 824 g/mol. The second-order valence-electron chi connectivity index (χ2n) is 19.9. The van der Waals surface area contributed by atoms with Crippen LogP contribution in [0.5, 0.6) is 5.75 Å². The summed E-state index contributed by atoms with van der Waals surface area (Å²) >= 11 is 0. The van der Waals surface area contributed by atoms with Gasteiger partial charge >= 0.3 is 24.1 Å². The molecule has 1 N–H and O–H groups in total. The minimum absolute atomic E-state index is 0.0790. The van der Waals surface area contributed by atoms with Gasteiger partial charge in [-0.05, 0) is 143 Å². The summed E-state index contributed by atoms with van der Waals surface area (Å²) in [5.74, 6) is -1.10. The molecule has 2 aliphatic rings. The zero-order valence-electron chi connectivity index (χ0n) is 37.5. The summed E-state index contributed by atoms with van der Waals surface area (Å²) < 4.78 is 29.0. The van der Waals surface area contributed by atoms with Gasteiger partial charge in [-0.15, -0.1) is 0 Å². The largest absolute Gasteiger partial charge is 0.491 e. The van der Waals surface area contributed by atoms with Gasteiger partial charge in [-0.2, -0.15) is 0 Å². The molecule has 4 rings (SSSR count). The zero-order valence-corrected chi connectivity index (χ0v) is 37.5. The number of esters is 2. The number of hydrogen-bond donors (Lipinski definition) is 1. The molecule has 2 saturated heterocycles. The molecule has 59 heavy (non-hydrogen) atoms. The van der Waals surface area contributed by atoms with Crippen LogP contribution in [0.4, 0.5) is 9.59 Å². The summed E-state index contributed by atoms with van der Waals surface area (Å²) in [4.78, 5) is 64.9. The summed E-state index contributed by atoms with van der Waals surface area (Å²) in [5, 5.41) is 3.41. The molecule has 14 heteroatoms. The maximum absolute atomic E-state index is 13.5. The van der Waals surface area contributed by atoms with Crippen LogP contribution in [-0.4, -0.2) is 106 Å². The maximum atomic E-state index is 13.5. The fourth-order valence-corrected chi connectivity index (χ4v) is 7.24. The Kier molecular flexibility index (Phi) is 15.8. The van der Waals surface area contributed by atoms with Gasteiger partial charge in [-0.25, -0.2) is 9.59 Å². The molecule has 0 spiro atoms. The Labute approximate surface area is 351 Å². The fraction of sp³-hybridized carbons (Fsp3) is 0.689. The molecule has 0 saturated carbocycles. The first-order valence-electron chi connectivity index (χ1n) is 21.0. The average molecular weight is 824 g/mol. The standard InChI is InChI=1S/C45H69N5O9/c1-42(2,3)56-38(51)36(33-13-16-49(28-33)40(53)58-44(7,8)9)21-30-19-32(26-47-23-30)25-46-15-18-55-35-20-31(24-48-27-35)22-37(39(52)57-43(4,5)6)34-14-17-50(29-34)41(54)59-45(10,11)12/h19-20,23-24,26-27,33-34,36-37,46H,13-18,21-22,25,28-29H2,1-12H3/t33-,34-,36-,37-/m0/s1. The van der Waals surface area contributed by atoms with Gasteiger partial charge in [0.05, 0.1) is 18.0 Å². The molecule has 328 valence electrons. The van der Waals surface area contributed by atoms with E-state index in [1.165, 1.54) is 0 Å². The van der Waals surface area contributed by atoms with Crippen molar-refractivity contribution in [2.45, 2.75) is 138 Å². The Morgan fingerprint density at radius 1 is 0.627 bits per heavy atom. The van der Waals surface area contributed by atoms with Crippen molar-refractivity contribution in [1.29, 1.82) is 0 Å². The number of rotatable bonds is 14. The molecule has 2 fully saturated rings. The normalized spacial score (nSPS) is 18.6. The third kappa shape index (κ3) is 16.3. The SMILES string of the molecule is CC(C)(C)OC(=O)[C@@H](Cc1cncc(CNCCOc2cncc(C[C@H](C(=O)OC(C)(C)C)[C@H]3CCN(C(=O)OC(C)(C)C)C3)c2)c1)[C@H]1CCN(C(=O)OC(C)(C)C)C1. The number of carbonyl (C=O) groups excluding carboxylic acids is 4. The van der Waals surface area contributed by atoms with Crippen LogP contribution in [0.25, 0.3) is 0 Å². The minimum atomic E-state index is -0.655. The van der Waals surface area contributed by atoms with E-state index < -0.39 is 34.2 Å². The van der Waals surface area contributed by atoms with E-state index in [0.29, 0.717) is 77.3 Å². The Balaban J connectivity index is 1.32. The Hall–Kier alpha value is -4.46. The molecule has 0 radical (unpaired) electrons. The van der Waals surface area contributed by atoms with E-state index in [-0.39, 0.29) is 36.0 Å². The number of hydrogen-bond acceptors (Lipinski definition) is 12. The topological polar surface area (TPSA) is 159 Å². The zero-order chi connectivity index (χ0) is 43.8. The van der Waals surface area contributed by atoms with E-state index in [1.54, 1.807) is 34.6 Å². The Bertz CT molecular complexity index is 1610. The Morgan fingerprint density at radius 2 is 1.05 bits per heavy atom. The van der Waals surface area contributed by atoms with Crippen LogP contribution < -0.4 is 10.1 Å². The number of pyridine rings is 2. The lowest BCUT2D eigenvalue weighted by molar-refractivity contribution is -0.163. The molecule has 2 aliphatic heterocycles. The van der Waals surface area contributed by atoms with Gasteiger partial charge in [0.25, 0.3) is 0 Å². The molecule has 4 atom stereocenters. The van der Waals surface area contributed by atoms with Gasteiger partial charge in [0.2, 0.25) is 0 Å². The van der Waals surface area contributed by atoms with Crippen molar-refractivity contribution in [3.63, 3.8) is 0 Å². The number of aromatic nitrogens is 2. The maximum Gasteiger partial charge on any atom is 0.410 e. The van der Waals surface area contributed by atoms with E-state index in [2.05, 4.69) is 15.3 Å². The number of ether oxygens (including phenoxy) is 5. The predicted molar refractivity (Wildman–Crippen MR) is 224 cm³/mol. The first-order valence-corrected chi connectivity index (χ1v) is 21.0. The highest BCUT2D eigenvalue weighted by atomic mass is 16.6. The van der Waals surface area contributed by atoms with Crippen molar-refractivity contribution < 1.29 is 42.9 Å². The molecule has 2 aromatic heterocycles. The molecule has 0 unspecified atom stereocenters. The first-order chi connectivity index (χ1) is 27.3. The average Bonchev–Trinajstić information content (AvgIpc) is 3.78. The van der Waals surface area contributed by atoms with Gasteiger partial charge in [0, 0.05) is 57.9 Å². The van der Waals surface area contributed by atoms with E-state index in [0.717, 1.165) is 16.7 Å². The van der Waals surface area contributed by atoms with Crippen LogP contribution in [0.2, 0.25) is 0 Å². The van der Waals surface area contributed by atoms with Gasteiger partial charge in [0.15, 0.2) is 0 Å². The third-order valence-electron chi connectivity index (χ3n) is 9.72. The fourth-order valence-electron chi connectivity index (χ4n) is 7.24. The van der Waals surface area contributed by atoms with Gasteiger partial charge < -0.3 is 38.8 Å². The van der Waals surface area contributed by atoms with Crippen molar-refractivity contribution >= 4 is 24.1 Å². The number of nitrogens with one attached hydrogen (secondary N) is 1. The van der Waals surface area contributed by atoms with Crippen LogP contribution in [0.1, 0.15) is 113 Å². The van der Waals surface area contributed by atoms with E-state index >= 15 is 0 Å². The number of nitrogens with zero attached hydrogens (tertiary/aromatic N) is 4. The number of likely N-dealkylation sites (tertiary alicyclic amines) is 2. The number of amides is 2. The number of carbonyl (C=O) groups is 4. The summed E-state index contributed by atoms with van der Waals surface area (Å²) in [6.07, 6.45) is 8.39. The summed E-state index contributed by atoms with van der Waals surface area (Å²) in [6, 6.07) is 3.95. The van der Waals surface area contributed by atoms with Crippen LogP contribution in [0, 0.1) is 23.7 Å². The lowest BCUT2D eigenvalue weighted by atomic mass is 9.86. The molecule has 4 heterocycles. The molecule has 0 aliphatic carbocycles. The van der Waals surface area contributed by atoms with Crippen molar-refractivity contribution in [2.75, 3.05) is 39.3 Å². The first kappa shape index (κ1) is 47.2. The highest BCUT2D eigenvalue weighted by Crippen LogP contribution is 2.33. The molecular formula is C45H69N5O9. The summed E-state index contributed by atoms with van der Waals surface area (Å²) in [5.41, 5.74) is 0.199.